The van der Waals surface area contributed by atoms with E-state index in [1.165, 1.54) is 0 Å². The Morgan fingerprint density at radius 3 is 2.70 bits per heavy atom. The highest BCUT2D eigenvalue weighted by Crippen LogP contribution is 2.35. The second kappa shape index (κ2) is 6.76. The van der Waals surface area contributed by atoms with Gasteiger partial charge in [0.2, 0.25) is 5.91 Å². The van der Waals surface area contributed by atoms with Crippen LogP contribution in [0, 0.1) is 12.3 Å². The second-order valence-electron chi connectivity index (χ2n) is 5.04. The van der Waals surface area contributed by atoms with E-state index in [0.29, 0.717) is 30.4 Å². The van der Waals surface area contributed by atoms with Crippen LogP contribution in [-0.4, -0.2) is 19.1 Å². The molecule has 4 nitrogen and oxygen atoms in total. The molecule has 2 aromatic carbocycles. The molecule has 0 aromatic heterocycles. The minimum Gasteiger partial charge on any atom is -0.486 e. The third-order valence-corrected chi connectivity index (χ3v) is 4.11. The molecule has 0 unspecified atom stereocenters. The lowest BCUT2D eigenvalue weighted by Crippen LogP contribution is -2.17. The number of benzene rings is 2. The molecule has 0 radical (unpaired) electrons. The molecule has 0 saturated carbocycles. The van der Waals surface area contributed by atoms with Crippen LogP contribution < -0.4 is 14.8 Å². The molecule has 0 aliphatic carbocycles. The monoisotopic (exact) mass is 371 g/mol. The molecule has 2 aromatic rings. The molecule has 1 N–H and O–H groups in total. The minimum atomic E-state index is -0.128. The quantitative estimate of drug-likeness (QED) is 0.841. The summed E-state index contributed by atoms with van der Waals surface area (Å²) in [7, 11) is 0. The molecule has 3 rings (SSSR count). The van der Waals surface area contributed by atoms with Gasteiger partial charge in [-0.05, 0) is 35.9 Å². The van der Waals surface area contributed by atoms with Crippen molar-refractivity contribution in [3.05, 3.63) is 52.0 Å². The number of hydrogen-bond donors (Lipinski definition) is 1. The first-order valence-corrected chi connectivity index (χ1v) is 7.89. The summed E-state index contributed by atoms with van der Waals surface area (Å²) in [6.07, 6.45) is 5.58. The number of carbonyl (C=O) groups is 1. The highest BCUT2D eigenvalue weighted by atomic mass is 79.9. The van der Waals surface area contributed by atoms with E-state index in [4.69, 9.17) is 15.9 Å². The maximum absolute atomic E-state index is 12.2. The van der Waals surface area contributed by atoms with Crippen LogP contribution in [0.3, 0.4) is 0 Å². The van der Waals surface area contributed by atoms with Crippen LogP contribution in [-0.2, 0) is 11.2 Å². The van der Waals surface area contributed by atoms with Gasteiger partial charge in [0.1, 0.15) is 13.2 Å². The van der Waals surface area contributed by atoms with Crippen molar-refractivity contribution in [2.45, 2.75) is 6.42 Å². The molecular weight excluding hydrogens is 358 g/mol. The van der Waals surface area contributed by atoms with Crippen LogP contribution in [0.15, 0.2) is 40.9 Å². The Labute approximate surface area is 142 Å². The molecule has 1 amide bonds. The smallest absolute Gasteiger partial charge is 0.228 e. The van der Waals surface area contributed by atoms with E-state index in [-0.39, 0.29) is 12.3 Å². The fourth-order valence-corrected chi connectivity index (χ4v) is 2.77. The van der Waals surface area contributed by atoms with Crippen LogP contribution in [0.25, 0.3) is 0 Å². The number of terminal acetylenes is 1. The Kier molecular flexibility index (Phi) is 4.54. The summed E-state index contributed by atoms with van der Waals surface area (Å²) in [6, 6.07) is 10.8. The van der Waals surface area contributed by atoms with Crippen molar-refractivity contribution in [1.82, 2.24) is 0 Å². The number of ether oxygens (including phenoxy) is 2. The van der Waals surface area contributed by atoms with Gasteiger partial charge in [0.15, 0.2) is 11.5 Å². The molecule has 0 bridgehead atoms. The van der Waals surface area contributed by atoms with Crippen molar-refractivity contribution in [2.75, 3.05) is 18.5 Å². The SMILES string of the molecule is C#Cc1cccc(NC(=O)Cc2cc3c(cc2Br)OCCO3)c1. The molecular formula is C18H14BrNO3. The van der Waals surface area contributed by atoms with Crippen molar-refractivity contribution >= 4 is 27.5 Å². The van der Waals surface area contributed by atoms with E-state index in [1.54, 1.807) is 12.1 Å². The Morgan fingerprint density at radius 1 is 1.22 bits per heavy atom. The van der Waals surface area contributed by atoms with E-state index in [9.17, 15) is 4.79 Å². The van der Waals surface area contributed by atoms with Gasteiger partial charge < -0.3 is 14.8 Å². The molecule has 116 valence electrons. The Morgan fingerprint density at radius 2 is 1.96 bits per heavy atom. The highest BCUT2D eigenvalue weighted by Gasteiger charge is 2.16. The third kappa shape index (κ3) is 3.66. The number of hydrogen-bond acceptors (Lipinski definition) is 3. The summed E-state index contributed by atoms with van der Waals surface area (Å²) in [5, 5.41) is 2.85. The van der Waals surface area contributed by atoms with E-state index < -0.39 is 0 Å². The number of nitrogens with one attached hydrogen (secondary N) is 1. The van der Waals surface area contributed by atoms with Crippen LogP contribution >= 0.6 is 15.9 Å². The van der Waals surface area contributed by atoms with Crippen molar-refractivity contribution < 1.29 is 14.3 Å². The number of halogens is 1. The first-order chi connectivity index (χ1) is 11.2. The zero-order valence-electron chi connectivity index (χ0n) is 12.3. The number of amides is 1. The van der Waals surface area contributed by atoms with Crippen LogP contribution in [0.1, 0.15) is 11.1 Å². The van der Waals surface area contributed by atoms with E-state index >= 15 is 0 Å². The average Bonchev–Trinajstić information content (AvgIpc) is 2.55. The molecule has 0 fully saturated rings. The number of anilines is 1. The van der Waals surface area contributed by atoms with Gasteiger partial charge in [-0.2, -0.15) is 0 Å². The van der Waals surface area contributed by atoms with Gasteiger partial charge in [-0.1, -0.05) is 27.9 Å². The first kappa shape index (κ1) is 15.4. The predicted molar refractivity (Wildman–Crippen MR) is 91.8 cm³/mol. The van der Waals surface area contributed by atoms with Crippen LogP contribution in [0.5, 0.6) is 11.5 Å². The fraction of sp³-hybridized carbons (Fsp3) is 0.167. The normalized spacial score (nSPS) is 12.3. The van der Waals surface area contributed by atoms with Gasteiger partial charge in [-0.25, -0.2) is 0 Å². The summed E-state index contributed by atoms with van der Waals surface area (Å²) in [5.41, 5.74) is 2.24. The Bertz CT molecular complexity index is 795. The van der Waals surface area contributed by atoms with E-state index in [1.807, 2.05) is 24.3 Å². The average molecular weight is 372 g/mol. The molecule has 0 saturated heterocycles. The van der Waals surface area contributed by atoms with Crippen molar-refractivity contribution in [3.8, 4) is 23.8 Å². The van der Waals surface area contributed by atoms with Gasteiger partial charge in [-0.3, -0.25) is 4.79 Å². The topological polar surface area (TPSA) is 47.6 Å². The predicted octanol–water partition coefficient (Wildman–Crippen LogP) is 3.38. The maximum Gasteiger partial charge on any atom is 0.228 e. The van der Waals surface area contributed by atoms with Gasteiger partial charge in [0.25, 0.3) is 0 Å². The standard InChI is InChI=1S/C18H14BrNO3/c1-2-12-4-3-5-14(8-12)20-18(21)10-13-9-16-17(11-15(13)19)23-7-6-22-16/h1,3-5,8-9,11H,6-7,10H2,(H,20,21). The summed E-state index contributed by atoms with van der Waals surface area (Å²) < 4.78 is 11.9. The number of carbonyl (C=O) groups excluding carboxylic acids is 1. The van der Waals surface area contributed by atoms with Crippen molar-refractivity contribution in [1.29, 1.82) is 0 Å². The van der Waals surface area contributed by atoms with E-state index in [0.717, 1.165) is 15.6 Å². The summed E-state index contributed by atoms with van der Waals surface area (Å²) in [4.78, 5) is 12.2. The number of rotatable bonds is 3. The first-order valence-electron chi connectivity index (χ1n) is 7.10. The molecule has 5 heteroatoms. The van der Waals surface area contributed by atoms with Crippen LogP contribution in [0.4, 0.5) is 5.69 Å². The van der Waals surface area contributed by atoms with Crippen molar-refractivity contribution in [2.24, 2.45) is 0 Å². The number of fused-ring (bicyclic) bond motifs is 1. The van der Waals surface area contributed by atoms with Crippen molar-refractivity contribution in [3.63, 3.8) is 0 Å². The lowest BCUT2D eigenvalue weighted by atomic mass is 10.1. The third-order valence-electron chi connectivity index (χ3n) is 3.38. The molecule has 1 aliphatic rings. The summed E-state index contributed by atoms with van der Waals surface area (Å²) in [5.74, 6) is 3.77. The Hall–Kier alpha value is -2.45. The van der Waals surface area contributed by atoms with Crippen LogP contribution in [0.2, 0.25) is 0 Å². The molecule has 23 heavy (non-hydrogen) atoms. The Balaban J connectivity index is 1.74. The van der Waals surface area contributed by atoms with Gasteiger partial charge in [-0.15, -0.1) is 6.42 Å². The fourth-order valence-electron chi connectivity index (χ4n) is 2.31. The maximum atomic E-state index is 12.2. The van der Waals surface area contributed by atoms with Gasteiger partial charge in [0.05, 0.1) is 6.42 Å². The van der Waals surface area contributed by atoms with Gasteiger partial charge in [0, 0.05) is 15.7 Å². The van der Waals surface area contributed by atoms with E-state index in [2.05, 4.69) is 27.2 Å². The summed E-state index contributed by atoms with van der Waals surface area (Å²) in [6.45, 7) is 1.05. The lowest BCUT2D eigenvalue weighted by Gasteiger charge is -2.19. The summed E-state index contributed by atoms with van der Waals surface area (Å²) >= 11 is 3.47. The second-order valence-corrected chi connectivity index (χ2v) is 5.89. The minimum absolute atomic E-state index is 0.128. The highest BCUT2D eigenvalue weighted by molar-refractivity contribution is 9.10. The zero-order chi connectivity index (χ0) is 16.2. The molecule has 1 heterocycles. The molecule has 0 atom stereocenters. The van der Waals surface area contributed by atoms with Gasteiger partial charge >= 0.3 is 0 Å². The molecule has 0 spiro atoms. The largest absolute Gasteiger partial charge is 0.486 e. The molecule has 1 aliphatic heterocycles. The zero-order valence-corrected chi connectivity index (χ0v) is 13.9. The lowest BCUT2D eigenvalue weighted by molar-refractivity contribution is -0.115.